The Bertz CT molecular complexity index is 1310. The molecule has 0 spiro atoms. The van der Waals surface area contributed by atoms with Gasteiger partial charge in [-0.05, 0) is 80.1 Å². The van der Waals surface area contributed by atoms with Crippen LogP contribution in [0.3, 0.4) is 0 Å². The number of thioether (sulfide) groups is 1. The van der Waals surface area contributed by atoms with Crippen LogP contribution in [-0.2, 0) is 12.3 Å². The number of aromatic nitrogens is 1. The van der Waals surface area contributed by atoms with Gasteiger partial charge in [-0.15, -0.1) is 23.1 Å². The first kappa shape index (κ1) is 27.9. The second kappa shape index (κ2) is 13.1. The molecule has 0 radical (unpaired) electrons. The molecule has 0 saturated carbocycles. The van der Waals surface area contributed by atoms with Crippen molar-refractivity contribution in [2.24, 2.45) is 0 Å². The largest absolute Gasteiger partial charge is 0.478 e. The molecule has 0 aliphatic carbocycles. The number of carboxylic acid groups (broad SMARTS) is 1. The van der Waals surface area contributed by atoms with Gasteiger partial charge in [0.25, 0.3) is 0 Å². The van der Waals surface area contributed by atoms with E-state index in [4.69, 9.17) is 10.1 Å². The summed E-state index contributed by atoms with van der Waals surface area (Å²) in [5, 5.41) is 12.2. The van der Waals surface area contributed by atoms with Crippen molar-refractivity contribution in [2.75, 3.05) is 4.90 Å². The van der Waals surface area contributed by atoms with E-state index in [9.17, 15) is 4.79 Å². The lowest BCUT2D eigenvalue weighted by Crippen LogP contribution is -2.30. The summed E-state index contributed by atoms with van der Waals surface area (Å²) in [5.41, 5.74) is 6.40. The van der Waals surface area contributed by atoms with Crippen LogP contribution in [0.25, 0.3) is 11.3 Å². The van der Waals surface area contributed by atoms with Gasteiger partial charge >= 0.3 is 5.97 Å². The molecule has 1 heterocycles. The lowest BCUT2D eigenvalue weighted by molar-refractivity contribution is 0.0697. The molecule has 0 bridgehead atoms. The average Bonchev–Trinajstić information content (AvgIpc) is 3.41. The van der Waals surface area contributed by atoms with Crippen molar-refractivity contribution >= 4 is 34.8 Å². The third kappa shape index (κ3) is 7.06. The van der Waals surface area contributed by atoms with Gasteiger partial charge in [0.05, 0.1) is 17.0 Å². The highest BCUT2D eigenvalue weighted by molar-refractivity contribution is 7.98. The maximum absolute atomic E-state index is 11.0. The zero-order valence-electron chi connectivity index (χ0n) is 22.6. The van der Waals surface area contributed by atoms with E-state index in [2.05, 4.69) is 86.5 Å². The predicted molar refractivity (Wildman–Crippen MR) is 162 cm³/mol. The minimum Gasteiger partial charge on any atom is -0.478 e. The fourth-order valence-corrected chi connectivity index (χ4v) is 6.32. The molecule has 0 unspecified atom stereocenters. The molecule has 6 heteroatoms. The van der Waals surface area contributed by atoms with Gasteiger partial charge in [-0.25, -0.2) is 9.78 Å². The van der Waals surface area contributed by atoms with Crippen LogP contribution in [0.5, 0.6) is 0 Å². The number of hydrogen-bond acceptors (Lipinski definition) is 5. The average molecular weight is 545 g/mol. The van der Waals surface area contributed by atoms with E-state index in [0.717, 1.165) is 33.5 Å². The Morgan fingerprint density at radius 2 is 1.61 bits per heavy atom. The van der Waals surface area contributed by atoms with E-state index in [1.165, 1.54) is 29.7 Å². The van der Waals surface area contributed by atoms with Gasteiger partial charge < -0.3 is 10.0 Å². The van der Waals surface area contributed by atoms with Crippen LogP contribution in [0.4, 0.5) is 5.69 Å². The molecule has 4 nitrogen and oxygen atoms in total. The Kier molecular flexibility index (Phi) is 9.64. The van der Waals surface area contributed by atoms with Crippen molar-refractivity contribution in [1.82, 2.24) is 4.98 Å². The molecule has 0 fully saturated rings. The highest BCUT2D eigenvalue weighted by Gasteiger charge is 2.14. The van der Waals surface area contributed by atoms with Crippen LogP contribution in [0, 0.1) is 0 Å². The van der Waals surface area contributed by atoms with Crippen molar-refractivity contribution in [3.05, 3.63) is 99.9 Å². The molecule has 1 N–H and O–H groups in total. The summed E-state index contributed by atoms with van der Waals surface area (Å²) in [6, 6.07) is 25.3. The first-order valence-electron chi connectivity index (χ1n) is 13.2. The molecular weight excluding hydrogens is 508 g/mol. The molecule has 0 aliphatic rings. The summed E-state index contributed by atoms with van der Waals surface area (Å²) in [6.45, 7) is 9.89. The minimum absolute atomic E-state index is 0.306. The van der Waals surface area contributed by atoms with Crippen LogP contribution >= 0.6 is 23.1 Å². The summed E-state index contributed by atoms with van der Waals surface area (Å²) in [6.07, 6.45) is 2.36. The second-order valence-electron chi connectivity index (χ2n) is 9.77. The SMILES string of the molecule is CCC(CC)c1ccc(N(Cc2ccc(-c3csc(CSc4ccc(C(=O)O)cc4)n3)cc2)C(C)C)cc1. The zero-order chi connectivity index (χ0) is 27.1. The maximum atomic E-state index is 11.0. The van der Waals surface area contributed by atoms with Crippen LogP contribution in [0.15, 0.2) is 83.1 Å². The number of thiazole rings is 1. The van der Waals surface area contributed by atoms with Gasteiger partial charge in [0, 0.05) is 34.1 Å². The Balaban J connectivity index is 1.38. The van der Waals surface area contributed by atoms with Gasteiger partial charge in [0.2, 0.25) is 0 Å². The number of nitrogens with zero attached hydrogens (tertiary/aromatic N) is 2. The number of aromatic carboxylic acids is 1. The number of carbonyl (C=O) groups is 1. The van der Waals surface area contributed by atoms with Crippen molar-refractivity contribution in [3.8, 4) is 11.3 Å². The quantitative estimate of drug-likeness (QED) is 0.180. The number of carboxylic acids is 1. The first-order valence-corrected chi connectivity index (χ1v) is 15.1. The topological polar surface area (TPSA) is 53.4 Å². The molecule has 38 heavy (non-hydrogen) atoms. The highest BCUT2D eigenvalue weighted by atomic mass is 32.2. The molecule has 0 amide bonds. The van der Waals surface area contributed by atoms with Crippen molar-refractivity contribution in [1.29, 1.82) is 0 Å². The number of rotatable bonds is 12. The summed E-state index contributed by atoms with van der Waals surface area (Å²) in [7, 11) is 0. The lowest BCUT2D eigenvalue weighted by Gasteiger charge is -2.30. The van der Waals surface area contributed by atoms with Crippen LogP contribution in [0.2, 0.25) is 0 Å². The smallest absolute Gasteiger partial charge is 0.335 e. The molecule has 4 aromatic rings. The van der Waals surface area contributed by atoms with Crippen molar-refractivity contribution < 1.29 is 9.90 Å². The monoisotopic (exact) mass is 544 g/mol. The summed E-state index contributed by atoms with van der Waals surface area (Å²) in [5.74, 6) is 0.494. The van der Waals surface area contributed by atoms with E-state index in [1.807, 2.05) is 12.1 Å². The third-order valence-corrected chi connectivity index (χ3v) is 8.98. The van der Waals surface area contributed by atoms with Crippen LogP contribution in [0.1, 0.15) is 72.9 Å². The van der Waals surface area contributed by atoms with Gasteiger partial charge in [0.1, 0.15) is 5.01 Å². The third-order valence-electron chi connectivity index (χ3n) is 6.92. The van der Waals surface area contributed by atoms with E-state index in [0.29, 0.717) is 17.5 Å². The standard InChI is InChI=1S/C32H36N2O2S2/c1-5-24(6-2)25-11-15-28(16-12-25)34(22(3)4)19-23-7-9-26(10-8-23)30-20-38-31(33-30)21-37-29-17-13-27(14-18-29)32(35)36/h7-18,20,22,24H,5-6,19,21H2,1-4H3,(H,35,36). The predicted octanol–water partition coefficient (Wildman–Crippen LogP) is 9.12. The van der Waals surface area contributed by atoms with Gasteiger partial charge in [0.15, 0.2) is 0 Å². The van der Waals surface area contributed by atoms with E-state index >= 15 is 0 Å². The lowest BCUT2D eigenvalue weighted by atomic mass is 9.94. The first-order chi connectivity index (χ1) is 18.4. The number of anilines is 1. The van der Waals surface area contributed by atoms with E-state index in [1.54, 1.807) is 35.2 Å². The molecule has 198 valence electrons. The number of hydrogen-bond donors (Lipinski definition) is 1. The summed E-state index contributed by atoms with van der Waals surface area (Å²) < 4.78 is 0. The van der Waals surface area contributed by atoms with E-state index in [-0.39, 0.29) is 0 Å². The minimum atomic E-state index is -0.903. The maximum Gasteiger partial charge on any atom is 0.335 e. The normalized spacial score (nSPS) is 11.3. The number of benzene rings is 3. The Morgan fingerprint density at radius 1 is 0.947 bits per heavy atom. The Labute approximate surface area is 234 Å². The molecule has 3 aromatic carbocycles. The van der Waals surface area contributed by atoms with E-state index < -0.39 is 5.97 Å². The molecule has 0 aliphatic heterocycles. The van der Waals surface area contributed by atoms with Crippen molar-refractivity contribution in [2.45, 2.75) is 69.7 Å². The summed E-state index contributed by atoms with van der Waals surface area (Å²) in [4.78, 5) is 19.4. The van der Waals surface area contributed by atoms with Crippen molar-refractivity contribution in [3.63, 3.8) is 0 Å². The molecule has 0 saturated heterocycles. The van der Waals surface area contributed by atoms with Crippen LogP contribution in [-0.4, -0.2) is 22.1 Å². The molecule has 1 aromatic heterocycles. The van der Waals surface area contributed by atoms with Gasteiger partial charge in [-0.1, -0.05) is 50.2 Å². The van der Waals surface area contributed by atoms with Gasteiger partial charge in [-0.2, -0.15) is 0 Å². The van der Waals surface area contributed by atoms with Crippen LogP contribution < -0.4 is 4.90 Å². The Morgan fingerprint density at radius 3 is 2.18 bits per heavy atom. The molecule has 4 rings (SSSR count). The fraction of sp³-hybridized carbons (Fsp3) is 0.312. The zero-order valence-corrected chi connectivity index (χ0v) is 24.2. The summed E-state index contributed by atoms with van der Waals surface area (Å²) >= 11 is 3.33. The Hall–Kier alpha value is -3.09. The fourth-order valence-electron chi connectivity index (χ4n) is 4.60. The van der Waals surface area contributed by atoms with Gasteiger partial charge in [-0.3, -0.25) is 0 Å². The second-order valence-corrected chi connectivity index (χ2v) is 11.8. The molecule has 0 atom stereocenters. The molecular formula is C32H36N2O2S2. The highest BCUT2D eigenvalue weighted by Crippen LogP contribution is 2.30.